The number of hydrazone groups is 1. The molecule has 8 heteroatoms. The van der Waals surface area contributed by atoms with E-state index in [1.54, 1.807) is 0 Å². The van der Waals surface area contributed by atoms with Gasteiger partial charge in [-0.15, -0.1) is 11.3 Å². The number of nitro groups is 1. The molecule has 98 valence electrons. The fraction of sp³-hybridized carbons (Fsp3) is 0.0909. The van der Waals surface area contributed by atoms with Crippen LogP contribution in [-0.4, -0.2) is 16.1 Å². The van der Waals surface area contributed by atoms with Crippen molar-refractivity contribution in [2.24, 2.45) is 5.10 Å². The number of hydrogen-bond acceptors (Lipinski definition) is 6. The molecule has 0 aliphatic rings. The molecule has 1 N–H and O–H groups in total. The Morgan fingerprint density at radius 3 is 3.00 bits per heavy atom. The van der Waals surface area contributed by atoms with Gasteiger partial charge < -0.3 is 0 Å². The van der Waals surface area contributed by atoms with E-state index >= 15 is 0 Å². The van der Waals surface area contributed by atoms with Crippen LogP contribution in [0.2, 0.25) is 0 Å². The molecule has 0 atom stereocenters. The van der Waals surface area contributed by atoms with Crippen LogP contribution >= 0.6 is 11.3 Å². The number of non-ortho nitro benzene ring substituents is 1. The van der Waals surface area contributed by atoms with E-state index in [9.17, 15) is 14.5 Å². The van der Waals surface area contributed by atoms with Gasteiger partial charge >= 0.3 is 0 Å². The molecule has 2 aromatic rings. The summed E-state index contributed by atoms with van der Waals surface area (Å²) in [6.45, 7) is 1.84. The van der Waals surface area contributed by atoms with Gasteiger partial charge in [0.05, 0.1) is 16.8 Å². The number of aryl methyl sites for hydroxylation is 1. The lowest BCUT2D eigenvalue weighted by Crippen LogP contribution is -1.95. The van der Waals surface area contributed by atoms with Crippen molar-refractivity contribution >= 4 is 28.4 Å². The summed E-state index contributed by atoms with van der Waals surface area (Å²) in [7, 11) is 0. The highest BCUT2D eigenvalue weighted by Gasteiger charge is 2.09. The van der Waals surface area contributed by atoms with Crippen LogP contribution in [0.3, 0.4) is 0 Å². The van der Waals surface area contributed by atoms with Gasteiger partial charge in [-0.2, -0.15) is 5.10 Å². The molecule has 6 nitrogen and oxygen atoms in total. The van der Waals surface area contributed by atoms with Crippen LogP contribution < -0.4 is 5.43 Å². The Balaban J connectivity index is 2.13. The van der Waals surface area contributed by atoms with Gasteiger partial charge in [-0.1, -0.05) is 0 Å². The largest absolute Gasteiger partial charge is 0.270 e. The second-order valence-corrected chi connectivity index (χ2v) is 4.49. The Morgan fingerprint density at radius 1 is 1.58 bits per heavy atom. The van der Waals surface area contributed by atoms with Gasteiger partial charge in [0.2, 0.25) is 5.13 Å². The van der Waals surface area contributed by atoms with Crippen LogP contribution in [0.4, 0.5) is 15.2 Å². The molecule has 1 heterocycles. The van der Waals surface area contributed by atoms with Gasteiger partial charge in [-0.05, 0) is 13.0 Å². The number of benzene rings is 1. The average Bonchev–Trinajstić information content (AvgIpc) is 2.77. The first-order chi connectivity index (χ1) is 9.06. The van der Waals surface area contributed by atoms with Crippen molar-refractivity contribution in [3.05, 3.63) is 50.8 Å². The smallest absolute Gasteiger partial charge is 0.258 e. The Kier molecular flexibility index (Phi) is 3.81. The molecule has 0 aliphatic heterocycles. The van der Waals surface area contributed by atoms with E-state index in [0.717, 1.165) is 23.9 Å². The summed E-state index contributed by atoms with van der Waals surface area (Å²) in [4.78, 5) is 14.1. The van der Waals surface area contributed by atoms with Gasteiger partial charge in [0.1, 0.15) is 5.82 Å². The zero-order valence-electron chi connectivity index (χ0n) is 9.83. The number of rotatable bonds is 4. The zero-order chi connectivity index (χ0) is 13.8. The lowest BCUT2D eigenvalue weighted by Gasteiger charge is -1.97. The highest BCUT2D eigenvalue weighted by Crippen LogP contribution is 2.16. The van der Waals surface area contributed by atoms with Crippen molar-refractivity contribution in [3.63, 3.8) is 0 Å². The number of nitrogens with zero attached hydrogens (tertiary/aromatic N) is 3. The van der Waals surface area contributed by atoms with Crippen molar-refractivity contribution in [1.82, 2.24) is 4.98 Å². The van der Waals surface area contributed by atoms with E-state index in [4.69, 9.17) is 0 Å². The maximum Gasteiger partial charge on any atom is 0.270 e. The van der Waals surface area contributed by atoms with Gasteiger partial charge in [0, 0.05) is 23.1 Å². The number of hydrogen-bond donors (Lipinski definition) is 1. The van der Waals surface area contributed by atoms with E-state index in [-0.39, 0.29) is 11.3 Å². The number of aromatic nitrogens is 1. The van der Waals surface area contributed by atoms with Crippen LogP contribution in [0.1, 0.15) is 11.3 Å². The van der Waals surface area contributed by atoms with Gasteiger partial charge in [-0.3, -0.25) is 15.5 Å². The van der Waals surface area contributed by atoms with Crippen LogP contribution in [0.15, 0.2) is 28.7 Å². The molecule has 1 aromatic heterocycles. The minimum absolute atomic E-state index is 0.0370. The number of nitrogens with one attached hydrogen (secondary N) is 1. The second kappa shape index (κ2) is 5.53. The van der Waals surface area contributed by atoms with Crippen molar-refractivity contribution in [2.45, 2.75) is 6.92 Å². The van der Waals surface area contributed by atoms with Crippen LogP contribution in [0, 0.1) is 22.9 Å². The normalized spacial score (nSPS) is 10.8. The molecule has 0 aliphatic carbocycles. The fourth-order valence-corrected chi connectivity index (χ4v) is 1.94. The fourth-order valence-electron chi connectivity index (χ4n) is 1.31. The number of anilines is 1. The summed E-state index contributed by atoms with van der Waals surface area (Å²) in [5.41, 5.74) is 3.33. The number of halogens is 1. The van der Waals surface area contributed by atoms with E-state index in [2.05, 4.69) is 15.5 Å². The Hall–Kier alpha value is -2.35. The third-order valence-electron chi connectivity index (χ3n) is 2.17. The molecule has 0 saturated heterocycles. The number of nitro benzene ring substituents is 1. The first-order valence-corrected chi connectivity index (χ1v) is 6.09. The predicted molar refractivity (Wildman–Crippen MR) is 71.1 cm³/mol. The van der Waals surface area contributed by atoms with Gasteiger partial charge in [0.25, 0.3) is 5.69 Å². The van der Waals surface area contributed by atoms with Crippen LogP contribution in [-0.2, 0) is 0 Å². The molecule has 0 fully saturated rings. The van der Waals surface area contributed by atoms with Crippen LogP contribution in [0.25, 0.3) is 0 Å². The SMILES string of the molecule is Cc1csc(NN=Cc2cc([N+](=O)[O-])ccc2F)n1. The second-order valence-electron chi connectivity index (χ2n) is 3.63. The summed E-state index contributed by atoms with van der Waals surface area (Å²) in [6.07, 6.45) is 1.18. The van der Waals surface area contributed by atoms with Crippen molar-refractivity contribution in [2.75, 3.05) is 5.43 Å². The van der Waals surface area contributed by atoms with E-state index < -0.39 is 10.7 Å². The van der Waals surface area contributed by atoms with Gasteiger partial charge in [-0.25, -0.2) is 9.37 Å². The lowest BCUT2D eigenvalue weighted by atomic mass is 10.2. The van der Waals surface area contributed by atoms with Gasteiger partial charge in [0.15, 0.2) is 0 Å². The Bertz CT molecular complexity index is 641. The molecular weight excluding hydrogens is 271 g/mol. The molecule has 0 amide bonds. The molecule has 0 radical (unpaired) electrons. The molecule has 0 bridgehead atoms. The van der Waals surface area contributed by atoms with Crippen molar-refractivity contribution in [3.8, 4) is 0 Å². The topological polar surface area (TPSA) is 80.4 Å². The lowest BCUT2D eigenvalue weighted by molar-refractivity contribution is -0.384. The third kappa shape index (κ3) is 3.32. The molecular formula is C11H9FN4O2S. The highest BCUT2D eigenvalue weighted by molar-refractivity contribution is 7.13. The summed E-state index contributed by atoms with van der Waals surface area (Å²) < 4.78 is 13.4. The zero-order valence-corrected chi connectivity index (χ0v) is 10.6. The van der Waals surface area contributed by atoms with E-state index in [1.807, 2.05) is 12.3 Å². The molecule has 0 unspecified atom stereocenters. The van der Waals surface area contributed by atoms with Crippen molar-refractivity contribution < 1.29 is 9.31 Å². The highest BCUT2D eigenvalue weighted by atomic mass is 32.1. The first kappa shape index (κ1) is 13.1. The monoisotopic (exact) mass is 280 g/mol. The van der Waals surface area contributed by atoms with Crippen LogP contribution in [0.5, 0.6) is 0 Å². The summed E-state index contributed by atoms with van der Waals surface area (Å²) in [6, 6.07) is 3.25. The van der Waals surface area contributed by atoms with Crippen molar-refractivity contribution in [1.29, 1.82) is 0 Å². The maximum atomic E-state index is 13.4. The summed E-state index contributed by atoms with van der Waals surface area (Å²) in [5.74, 6) is -0.577. The average molecular weight is 280 g/mol. The van der Waals surface area contributed by atoms with E-state index in [1.165, 1.54) is 17.6 Å². The Morgan fingerprint density at radius 2 is 2.37 bits per heavy atom. The quantitative estimate of drug-likeness (QED) is 0.530. The molecule has 1 aromatic carbocycles. The minimum Gasteiger partial charge on any atom is -0.258 e. The number of thiazole rings is 1. The molecule has 0 spiro atoms. The molecule has 19 heavy (non-hydrogen) atoms. The first-order valence-electron chi connectivity index (χ1n) is 5.21. The standard InChI is InChI=1S/C11H9FN4O2S/c1-7-6-19-11(14-7)15-13-5-8-4-9(16(17)18)2-3-10(8)12/h2-6H,1H3,(H,14,15). The summed E-state index contributed by atoms with van der Waals surface area (Å²) in [5, 5.41) is 16.8. The maximum absolute atomic E-state index is 13.4. The minimum atomic E-state index is -0.589. The Labute approximate surface area is 111 Å². The molecule has 2 rings (SSSR count). The molecule has 0 saturated carbocycles. The predicted octanol–water partition coefficient (Wildman–Crippen LogP) is 2.94. The van der Waals surface area contributed by atoms with E-state index in [0.29, 0.717) is 5.13 Å². The third-order valence-corrected chi connectivity index (χ3v) is 3.04. The summed E-state index contributed by atoms with van der Waals surface area (Å²) >= 11 is 1.36.